The molecule has 18 heavy (non-hydrogen) atoms. The van der Waals surface area contributed by atoms with Crippen LogP contribution >= 0.6 is 11.6 Å². The minimum atomic E-state index is -4.71. The van der Waals surface area contributed by atoms with Crippen molar-refractivity contribution in [3.8, 4) is 16.9 Å². The standard InChI is InChI=1S/C11H7ClF3NO2/c12-10-5-8(6-16(10)17)7-1-3-9(4-2-7)18-11(13,14)15/h1-6,17H. The molecule has 0 amide bonds. The minimum Gasteiger partial charge on any atom is -0.428 e. The van der Waals surface area contributed by atoms with Gasteiger partial charge in [0.05, 0.1) is 6.20 Å². The third kappa shape index (κ3) is 2.89. The first-order chi connectivity index (χ1) is 8.35. The quantitative estimate of drug-likeness (QED) is 0.844. The third-order valence-electron chi connectivity index (χ3n) is 2.18. The Bertz CT molecular complexity index is 529. The van der Waals surface area contributed by atoms with E-state index in [1.165, 1.54) is 36.5 Å². The van der Waals surface area contributed by atoms with Crippen LogP contribution in [0.1, 0.15) is 0 Å². The maximum Gasteiger partial charge on any atom is 0.573 e. The average Bonchev–Trinajstić information content (AvgIpc) is 2.58. The molecule has 0 unspecified atom stereocenters. The Balaban J connectivity index is 2.22. The Morgan fingerprint density at radius 1 is 1.11 bits per heavy atom. The summed E-state index contributed by atoms with van der Waals surface area (Å²) < 4.78 is 40.3. The number of hydrogen-bond acceptors (Lipinski definition) is 2. The topological polar surface area (TPSA) is 34.4 Å². The van der Waals surface area contributed by atoms with Crippen molar-refractivity contribution >= 4 is 11.6 Å². The van der Waals surface area contributed by atoms with E-state index in [2.05, 4.69) is 4.74 Å². The molecule has 0 aliphatic carbocycles. The lowest BCUT2D eigenvalue weighted by Gasteiger charge is -2.08. The molecule has 2 rings (SSSR count). The summed E-state index contributed by atoms with van der Waals surface area (Å²) in [6.45, 7) is 0. The Labute approximate surface area is 105 Å². The maximum atomic E-state index is 11.9. The van der Waals surface area contributed by atoms with E-state index in [4.69, 9.17) is 11.6 Å². The fraction of sp³-hybridized carbons (Fsp3) is 0.0909. The summed E-state index contributed by atoms with van der Waals surface area (Å²) in [5.41, 5.74) is 1.19. The van der Waals surface area contributed by atoms with Crippen molar-refractivity contribution in [1.82, 2.24) is 4.73 Å². The zero-order chi connectivity index (χ0) is 13.3. The molecule has 0 atom stereocenters. The van der Waals surface area contributed by atoms with Crippen molar-refractivity contribution in [2.45, 2.75) is 6.36 Å². The summed E-state index contributed by atoms with van der Waals surface area (Å²) in [7, 11) is 0. The second-order valence-corrected chi connectivity index (χ2v) is 3.86. The Hall–Kier alpha value is -1.82. The molecule has 1 N–H and O–H groups in total. The maximum absolute atomic E-state index is 11.9. The van der Waals surface area contributed by atoms with E-state index in [0.717, 1.165) is 4.73 Å². The second kappa shape index (κ2) is 4.45. The lowest BCUT2D eigenvalue weighted by atomic mass is 10.1. The fourth-order valence-corrected chi connectivity index (χ4v) is 1.60. The molecule has 0 aliphatic heterocycles. The normalized spacial score (nSPS) is 11.6. The number of halogens is 4. The lowest BCUT2D eigenvalue weighted by Crippen LogP contribution is -2.16. The van der Waals surface area contributed by atoms with Gasteiger partial charge in [-0.2, -0.15) is 4.73 Å². The van der Waals surface area contributed by atoms with Gasteiger partial charge in [-0.05, 0) is 23.8 Å². The highest BCUT2D eigenvalue weighted by Crippen LogP contribution is 2.28. The van der Waals surface area contributed by atoms with Gasteiger partial charge in [-0.1, -0.05) is 23.7 Å². The van der Waals surface area contributed by atoms with Crippen molar-refractivity contribution < 1.29 is 23.1 Å². The van der Waals surface area contributed by atoms with E-state index < -0.39 is 6.36 Å². The average molecular weight is 278 g/mol. The Morgan fingerprint density at radius 3 is 2.17 bits per heavy atom. The number of hydrogen-bond donors (Lipinski definition) is 1. The van der Waals surface area contributed by atoms with Crippen LogP contribution < -0.4 is 4.74 Å². The SMILES string of the molecule is On1cc(-c2ccc(OC(F)(F)F)cc2)cc1Cl. The summed E-state index contributed by atoms with van der Waals surface area (Å²) >= 11 is 5.64. The molecule has 2 aromatic rings. The highest BCUT2D eigenvalue weighted by atomic mass is 35.5. The van der Waals surface area contributed by atoms with Gasteiger partial charge in [0, 0.05) is 5.56 Å². The van der Waals surface area contributed by atoms with Crippen LogP contribution in [0.4, 0.5) is 13.2 Å². The van der Waals surface area contributed by atoms with E-state index in [1.54, 1.807) is 0 Å². The van der Waals surface area contributed by atoms with E-state index in [1.807, 2.05) is 0 Å². The van der Waals surface area contributed by atoms with Crippen LogP contribution in [0.15, 0.2) is 36.5 Å². The van der Waals surface area contributed by atoms with Gasteiger partial charge in [0.15, 0.2) is 0 Å². The highest BCUT2D eigenvalue weighted by Gasteiger charge is 2.30. The zero-order valence-electron chi connectivity index (χ0n) is 8.78. The number of nitrogens with zero attached hydrogens (tertiary/aromatic N) is 1. The number of aromatic nitrogens is 1. The summed E-state index contributed by atoms with van der Waals surface area (Å²) in [4.78, 5) is 0. The summed E-state index contributed by atoms with van der Waals surface area (Å²) in [5, 5.41) is 9.33. The molecular formula is C11H7ClF3NO2. The Morgan fingerprint density at radius 2 is 1.72 bits per heavy atom. The van der Waals surface area contributed by atoms with Crippen molar-refractivity contribution in [3.63, 3.8) is 0 Å². The molecule has 1 aromatic heterocycles. The van der Waals surface area contributed by atoms with Crippen LogP contribution in [0.3, 0.4) is 0 Å². The summed E-state index contributed by atoms with van der Waals surface area (Å²) in [6, 6.07) is 6.73. The number of ether oxygens (including phenoxy) is 1. The molecular weight excluding hydrogens is 271 g/mol. The highest BCUT2D eigenvalue weighted by molar-refractivity contribution is 6.30. The van der Waals surface area contributed by atoms with Crippen molar-refractivity contribution in [2.75, 3.05) is 0 Å². The molecule has 7 heteroatoms. The van der Waals surface area contributed by atoms with Gasteiger partial charge in [-0.15, -0.1) is 13.2 Å². The van der Waals surface area contributed by atoms with E-state index >= 15 is 0 Å². The van der Waals surface area contributed by atoms with Crippen molar-refractivity contribution in [3.05, 3.63) is 41.7 Å². The van der Waals surface area contributed by atoms with E-state index in [-0.39, 0.29) is 10.9 Å². The van der Waals surface area contributed by atoms with E-state index in [0.29, 0.717) is 11.1 Å². The van der Waals surface area contributed by atoms with Crippen molar-refractivity contribution in [2.24, 2.45) is 0 Å². The van der Waals surface area contributed by atoms with Crippen LogP contribution in [-0.4, -0.2) is 16.3 Å². The van der Waals surface area contributed by atoms with Crippen molar-refractivity contribution in [1.29, 1.82) is 0 Å². The van der Waals surface area contributed by atoms with Gasteiger partial charge >= 0.3 is 6.36 Å². The predicted molar refractivity (Wildman–Crippen MR) is 58.7 cm³/mol. The molecule has 0 saturated carbocycles. The van der Waals surface area contributed by atoms with Crippen LogP contribution in [0, 0.1) is 0 Å². The van der Waals surface area contributed by atoms with Gasteiger partial charge in [0.25, 0.3) is 0 Å². The van der Waals surface area contributed by atoms with Crippen LogP contribution in [0.2, 0.25) is 5.15 Å². The molecule has 0 spiro atoms. The lowest BCUT2D eigenvalue weighted by molar-refractivity contribution is -0.274. The largest absolute Gasteiger partial charge is 0.573 e. The molecule has 0 radical (unpaired) electrons. The van der Waals surface area contributed by atoms with Crippen LogP contribution in [0.25, 0.3) is 11.1 Å². The first-order valence-corrected chi connectivity index (χ1v) is 5.16. The minimum absolute atomic E-state index is 0.112. The first kappa shape index (κ1) is 12.6. The monoisotopic (exact) mass is 277 g/mol. The molecule has 0 aliphatic rings. The zero-order valence-corrected chi connectivity index (χ0v) is 9.53. The molecule has 0 bridgehead atoms. The van der Waals surface area contributed by atoms with Crippen LogP contribution in [0.5, 0.6) is 5.75 Å². The van der Waals surface area contributed by atoms with Crippen LogP contribution in [-0.2, 0) is 0 Å². The molecule has 1 heterocycles. The van der Waals surface area contributed by atoms with Gasteiger partial charge in [-0.3, -0.25) is 0 Å². The number of alkyl halides is 3. The first-order valence-electron chi connectivity index (χ1n) is 4.78. The third-order valence-corrected chi connectivity index (χ3v) is 2.46. The van der Waals surface area contributed by atoms with Gasteiger partial charge < -0.3 is 9.94 Å². The predicted octanol–water partition coefficient (Wildman–Crippen LogP) is 3.94. The smallest absolute Gasteiger partial charge is 0.428 e. The Kier molecular flexibility index (Phi) is 3.13. The molecule has 96 valence electrons. The number of rotatable bonds is 2. The van der Waals surface area contributed by atoms with Gasteiger partial charge in [0.1, 0.15) is 10.9 Å². The molecule has 1 aromatic carbocycles. The summed E-state index contributed by atoms with van der Waals surface area (Å²) in [5.74, 6) is -0.305. The summed E-state index contributed by atoms with van der Waals surface area (Å²) in [6.07, 6.45) is -3.36. The second-order valence-electron chi connectivity index (χ2n) is 3.47. The molecule has 3 nitrogen and oxygen atoms in total. The fourth-order valence-electron chi connectivity index (χ4n) is 1.43. The van der Waals surface area contributed by atoms with Gasteiger partial charge in [0.2, 0.25) is 0 Å². The molecule has 0 fully saturated rings. The van der Waals surface area contributed by atoms with E-state index in [9.17, 15) is 18.4 Å². The van der Waals surface area contributed by atoms with Gasteiger partial charge in [-0.25, -0.2) is 0 Å². The number of benzene rings is 1. The molecule has 0 saturated heterocycles.